The molecular formula is C23H20Cl3NO3. The maximum absolute atomic E-state index is 11.8. The Balaban J connectivity index is 1.67. The van der Waals surface area contributed by atoms with Gasteiger partial charge in [0.25, 0.3) is 0 Å². The van der Waals surface area contributed by atoms with E-state index in [4.69, 9.17) is 44.3 Å². The van der Waals surface area contributed by atoms with Crippen LogP contribution >= 0.6 is 34.8 Å². The van der Waals surface area contributed by atoms with Crippen molar-refractivity contribution in [3.63, 3.8) is 0 Å². The standard InChI is InChI=1S/C23H20Cl3NO3/c1-2-29-23(28)15-4-8-20(9-5-15)27-13-17-11-18(24)7-10-22(17)30-14-16-3-6-19(25)12-21(16)26/h3-12,27H,2,13-14H2,1H3. The molecule has 0 aromatic heterocycles. The van der Waals surface area contributed by atoms with Crippen molar-refractivity contribution in [3.8, 4) is 5.75 Å². The van der Waals surface area contributed by atoms with Crippen molar-refractivity contribution in [2.75, 3.05) is 11.9 Å². The van der Waals surface area contributed by atoms with Gasteiger partial charge in [0.1, 0.15) is 12.4 Å². The summed E-state index contributed by atoms with van der Waals surface area (Å²) in [6.07, 6.45) is 0. The number of rotatable bonds is 8. The molecule has 0 amide bonds. The summed E-state index contributed by atoms with van der Waals surface area (Å²) in [7, 11) is 0. The highest BCUT2D eigenvalue weighted by atomic mass is 35.5. The van der Waals surface area contributed by atoms with Gasteiger partial charge in [0.15, 0.2) is 0 Å². The predicted octanol–water partition coefficient (Wildman–Crippen LogP) is 7.01. The first-order valence-electron chi connectivity index (χ1n) is 9.32. The first kappa shape index (κ1) is 22.3. The van der Waals surface area contributed by atoms with Crippen LogP contribution in [0, 0.1) is 0 Å². The lowest BCUT2D eigenvalue weighted by Gasteiger charge is -2.14. The van der Waals surface area contributed by atoms with E-state index in [1.54, 1.807) is 37.3 Å². The summed E-state index contributed by atoms with van der Waals surface area (Å²) in [5.74, 6) is 0.358. The van der Waals surface area contributed by atoms with Crippen molar-refractivity contribution in [2.24, 2.45) is 0 Å². The van der Waals surface area contributed by atoms with Crippen molar-refractivity contribution in [2.45, 2.75) is 20.1 Å². The summed E-state index contributed by atoms with van der Waals surface area (Å²) >= 11 is 18.3. The molecule has 0 saturated carbocycles. The number of carbonyl (C=O) groups excluding carboxylic acids is 1. The molecule has 3 aromatic rings. The number of ether oxygens (including phenoxy) is 2. The van der Waals surface area contributed by atoms with E-state index in [9.17, 15) is 4.79 Å². The number of halogens is 3. The molecule has 0 aliphatic carbocycles. The molecule has 7 heteroatoms. The zero-order valence-corrected chi connectivity index (χ0v) is 18.5. The molecule has 3 rings (SSSR count). The van der Waals surface area contributed by atoms with E-state index in [1.807, 2.05) is 30.3 Å². The Kier molecular flexibility index (Phi) is 7.86. The molecule has 156 valence electrons. The van der Waals surface area contributed by atoms with E-state index >= 15 is 0 Å². The van der Waals surface area contributed by atoms with Crippen LogP contribution in [0.2, 0.25) is 15.1 Å². The van der Waals surface area contributed by atoms with Crippen LogP contribution in [0.3, 0.4) is 0 Å². The third-order valence-corrected chi connectivity index (χ3v) is 5.12. The van der Waals surface area contributed by atoms with E-state index in [1.165, 1.54) is 0 Å². The second-order valence-electron chi connectivity index (χ2n) is 6.43. The lowest BCUT2D eigenvalue weighted by Crippen LogP contribution is -2.06. The number of hydrogen-bond acceptors (Lipinski definition) is 4. The van der Waals surface area contributed by atoms with Gasteiger partial charge in [-0.1, -0.05) is 40.9 Å². The Morgan fingerprint density at radius 1 is 0.900 bits per heavy atom. The van der Waals surface area contributed by atoms with E-state index in [0.29, 0.717) is 46.1 Å². The first-order valence-corrected chi connectivity index (χ1v) is 10.5. The molecule has 0 aliphatic rings. The number of carbonyl (C=O) groups is 1. The number of hydrogen-bond donors (Lipinski definition) is 1. The molecule has 0 heterocycles. The summed E-state index contributed by atoms with van der Waals surface area (Å²) < 4.78 is 11.0. The van der Waals surface area contributed by atoms with E-state index in [0.717, 1.165) is 16.8 Å². The van der Waals surface area contributed by atoms with E-state index in [2.05, 4.69) is 5.32 Å². The summed E-state index contributed by atoms with van der Waals surface area (Å²) in [4.78, 5) is 11.8. The van der Waals surface area contributed by atoms with Gasteiger partial charge >= 0.3 is 5.97 Å². The largest absolute Gasteiger partial charge is 0.488 e. The lowest BCUT2D eigenvalue weighted by atomic mass is 10.1. The maximum Gasteiger partial charge on any atom is 0.338 e. The van der Waals surface area contributed by atoms with Crippen LogP contribution in [0.15, 0.2) is 60.7 Å². The number of nitrogens with one attached hydrogen (secondary N) is 1. The average Bonchev–Trinajstić information content (AvgIpc) is 2.73. The Morgan fingerprint density at radius 2 is 1.60 bits per heavy atom. The summed E-state index contributed by atoms with van der Waals surface area (Å²) in [6.45, 7) is 2.92. The van der Waals surface area contributed by atoms with Gasteiger partial charge in [0.05, 0.1) is 12.2 Å². The van der Waals surface area contributed by atoms with Crippen molar-refractivity contribution in [3.05, 3.63) is 92.4 Å². The molecule has 0 aliphatic heterocycles. The van der Waals surface area contributed by atoms with E-state index < -0.39 is 0 Å². The highest BCUT2D eigenvalue weighted by molar-refractivity contribution is 6.35. The number of benzene rings is 3. The molecule has 0 atom stereocenters. The van der Waals surface area contributed by atoms with Gasteiger partial charge < -0.3 is 14.8 Å². The van der Waals surface area contributed by atoms with Crippen molar-refractivity contribution in [1.29, 1.82) is 0 Å². The lowest BCUT2D eigenvalue weighted by molar-refractivity contribution is 0.0526. The second-order valence-corrected chi connectivity index (χ2v) is 7.71. The Labute approximate surface area is 190 Å². The van der Waals surface area contributed by atoms with Crippen LogP contribution < -0.4 is 10.1 Å². The molecule has 0 spiro atoms. The molecule has 0 bridgehead atoms. The smallest absolute Gasteiger partial charge is 0.338 e. The molecule has 30 heavy (non-hydrogen) atoms. The van der Waals surface area contributed by atoms with Gasteiger partial charge in [-0.25, -0.2) is 4.79 Å². The molecule has 1 N–H and O–H groups in total. The molecule has 3 aromatic carbocycles. The fourth-order valence-electron chi connectivity index (χ4n) is 2.76. The van der Waals surface area contributed by atoms with Gasteiger partial charge in [0, 0.05) is 38.4 Å². The minimum atomic E-state index is -0.338. The molecule has 0 unspecified atom stereocenters. The monoisotopic (exact) mass is 463 g/mol. The van der Waals surface area contributed by atoms with Crippen LogP contribution in [0.25, 0.3) is 0 Å². The minimum absolute atomic E-state index is 0.304. The summed E-state index contributed by atoms with van der Waals surface area (Å²) in [5, 5.41) is 5.05. The van der Waals surface area contributed by atoms with Crippen molar-refractivity contribution >= 4 is 46.5 Å². The van der Waals surface area contributed by atoms with Crippen molar-refractivity contribution < 1.29 is 14.3 Å². The normalized spacial score (nSPS) is 10.5. The average molecular weight is 465 g/mol. The SMILES string of the molecule is CCOC(=O)c1ccc(NCc2cc(Cl)ccc2OCc2ccc(Cl)cc2Cl)cc1. The van der Waals surface area contributed by atoms with Crippen LogP contribution in [0.1, 0.15) is 28.4 Å². The van der Waals surface area contributed by atoms with Gasteiger partial charge in [-0.15, -0.1) is 0 Å². The van der Waals surface area contributed by atoms with Crippen LogP contribution in [0.4, 0.5) is 5.69 Å². The Hall–Kier alpha value is -2.40. The molecular weight excluding hydrogens is 445 g/mol. The molecule has 0 fully saturated rings. The second kappa shape index (κ2) is 10.6. The van der Waals surface area contributed by atoms with Crippen LogP contribution in [-0.2, 0) is 17.9 Å². The highest BCUT2D eigenvalue weighted by Gasteiger charge is 2.09. The van der Waals surface area contributed by atoms with Gasteiger partial charge in [-0.2, -0.15) is 0 Å². The zero-order valence-electron chi connectivity index (χ0n) is 16.3. The first-order chi connectivity index (χ1) is 14.5. The van der Waals surface area contributed by atoms with E-state index in [-0.39, 0.29) is 5.97 Å². The quantitative estimate of drug-likeness (QED) is 0.364. The number of esters is 1. The summed E-state index contributed by atoms with van der Waals surface area (Å²) in [5.41, 5.74) is 3.09. The van der Waals surface area contributed by atoms with Gasteiger partial charge in [0.2, 0.25) is 0 Å². The topological polar surface area (TPSA) is 47.6 Å². The third-order valence-electron chi connectivity index (χ3n) is 4.30. The number of anilines is 1. The molecule has 0 saturated heterocycles. The van der Waals surface area contributed by atoms with Gasteiger partial charge in [-0.05, 0) is 61.5 Å². The maximum atomic E-state index is 11.8. The van der Waals surface area contributed by atoms with Crippen LogP contribution in [0.5, 0.6) is 5.75 Å². The fourth-order valence-corrected chi connectivity index (χ4v) is 3.41. The van der Waals surface area contributed by atoms with Gasteiger partial charge in [-0.3, -0.25) is 0 Å². The highest BCUT2D eigenvalue weighted by Crippen LogP contribution is 2.27. The predicted molar refractivity (Wildman–Crippen MR) is 122 cm³/mol. The van der Waals surface area contributed by atoms with Crippen molar-refractivity contribution in [1.82, 2.24) is 0 Å². The Bertz CT molecular complexity index is 1020. The third kappa shape index (κ3) is 6.05. The summed E-state index contributed by atoms with van der Waals surface area (Å²) in [6, 6.07) is 17.8. The molecule has 4 nitrogen and oxygen atoms in total. The zero-order chi connectivity index (χ0) is 21.5. The molecule has 0 radical (unpaired) electrons. The van der Waals surface area contributed by atoms with Crippen LogP contribution in [-0.4, -0.2) is 12.6 Å². The Morgan fingerprint density at radius 3 is 2.30 bits per heavy atom. The fraction of sp³-hybridized carbons (Fsp3) is 0.174. The minimum Gasteiger partial charge on any atom is -0.488 e.